The Balaban J connectivity index is 2.13. The van der Waals surface area contributed by atoms with E-state index in [1.807, 2.05) is 18.2 Å². The number of nitrogens with one attached hydrogen (secondary N) is 1. The number of benzene rings is 2. The molecule has 2 rings (SSSR count). The van der Waals surface area contributed by atoms with Crippen LogP contribution in [-0.4, -0.2) is 0 Å². The van der Waals surface area contributed by atoms with Gasteiger partial charge in [0.1, 0.15) is 0 Å². The van der Waals surface area contributed by atoms with Crippen LogP contribution >= 0.6 is 27.5 Å². The van der Waals surface area contributed by atoms with E-state index >= 15 is 0 Å². The molecule has 0 saturated carbocycles. The van der Waals surface area contributed by atoms with Crippen molar-refractivity contribution < 1.29 is 0 Å². The summed E-state index contributed by atoms with van der Waals surface area (Å²) in [4.78, 5) is 0. The molecule has 18 heavy (non-hydrogen) atoms. The summed E-state index contributed by atoms with van der Waals surface area (Å²) in [5, 5.41) is 4.15. The van der Waals surface area contributed by atoms with Crippen LogP contribution in [0.1, 0.15) is 16.7 Å². The van der Waals surface area contributed by atoms with Crippen molar-refractivity contribution in [2.45, 2.75) is 20.4 Å². The summed E-state index contributed by atoms with van der Waals surface area (Å²) in [6, 6.07) is 12.3. The third-order valence-corrected chi connectivity index (χ3v) is 3.80. The first kappa shape index (κ1) is 13.4. The molecular formula is C15H15BrClN. The fraction of sp³-hybridized carbons (Fsp3) is 0.200. The van der Waals surface area contributed by atoms with Crippen molar-refractivity contribution >= 4 is 33.2 Å². The van der Waals surface area contributed by atoms with Crippen LogP contribution in [-0.2, 0) is 6.54 Å². The van der Waals surface area contributed by atoms with Gasteiger partial charge in [0.25, 0.3) is 0 Å². The molecule has 3 heteroatoms. The number of hydrogen-bond acceptors (Lipinski definition) is 1. The first-order chi connectivity index (χ1) is 8.56. The predicted molar refractivity (Wildman–Crippen MR) is 82.4 cm³/mol. The number of aryl methyl sites for hydroxylation is 2. The molecule has 0 heterocycles. The molecule has 0 aromatic heterocycles. The van der Waals surface area contributed by atoms with Crippen molar-refractivity contribution in [3.63, 3.8) is 0 Å². The molecule has 0 aliphatic rings. The number of anilines is 1. The van der Waals surface area contributed by atoms with E-state index in [1.54, 1.807) is 0 Å². The minimum absolute atomic E-state index is 0.735. The van der Waals surface area contributed by atoms with Crippen LogP contribution in [0.3, 0.4) is 0 Å². The van der Waals surface area contributed by atoms with Crippen molar-refractivity contribution in [1.82, 2.24) is 0 Å². The lowest BCUT2D eigenvalue weighted by Crippen LogP contribution is -2.02. The Hall–Kier alpha value is -0.990. The zero-order chi connectivity index (χ0) is 13.1. The topological polar surface area (TPSA) is 12.0 Å². The molecule has 0 spiro atoms. The molecule has 1 N–H and O–H groups in total. The monoisotopic (exact) mass is 323 g/mol. The summed E-state index contributed by atoms with van der Waals surface area (Å²) in [5.41, 5.74) is 4.96. The van der Waals surface area contributed by atoms with E-state index in [4.69, 9.17) is 11.6 Å². The molecule has 1 nitrogen and oxygen atoms in total. The average Bonchev–Trinajstić information content (AvgIpc) is 2.32. The van der Waals surface area contributed by atoms with Crippen molar-refractivity contribution in [3.8, 4) is 0 Å². The quantitative estimate of drug-likeness (QED) is 0.804. The second-order valence-corrected chi connectivity index (χ2v) is 5.70. The van der Waals surface area contributed by atoms with Crippen molar-refractivity contribution in [3.05, 3.63) is 62.6 Å². The number of halogens is 2. The van der Waals surface area contributed by atoms with Gasteiger partial charge in [0.15, 0.2) is 0 Å². The number of rotatable bonds is 3. The van der Waals surface area contributed by atoms with E-state index < -0.39 is 0 Å². The standard InChI is InChI=1S/C15H15BrClN/c1-10-3-4-11(2)12(7-10)9-18-15-6-5-13(17)8-14(15)16/h3-8,18H,9H2,1-2H3. The first-order valence-electron chi connectivity index (χ1n) is 5.81. The van der Waals surface area contributed by atoms with Gasteiger partial charge in [0, 0.05) is 21.7 Å². The van der Waals surface area contributed by atoms with Gasteiger partial charge < -0.3 is 5.32 Å². The van der Waals surface area contributed by atoms with Gasteiger partial charge in [0.2, 0.25) is 0 Å². The lowest BCUT2D eigenvalue weighted by molar-refractivity contribution is 1.11. The highest BCUT2D eigenvalue weighted by Gasteiger charge is 2.02. The summed E-state index contributed by atoms with van der Waals surface area (Å²) < 4.78 is 0.986. The van der Waals surface area contributed by atoms with Crippen molar-refractivity contribution in [2.24, 2.45) is 0 Å². The Bertz CT molecular complexity index is 566. The average molecular weight is 325 g/mol. The van der Waals surface area contributed by atoms with Crippen LogP contribution in [0, 0.1) is 13.8 Å². The maximum absolute atomic E-state index is 5.92. The molecule has 0 saturated heterocycles. The van der Waals surface area contributed by atoms with Crippen LogP contribution in [0.25, 0.3) is 0 Å². The highest BCUT2D eigenvalue weighted by atomic mass is 79.9. The maximum atomic E-state index is 5.92. The lowest BCUT2D eigenvalue weighted by Gasteiger charge is -2.11. The van der Waals surface area contributed by atoms with E-state index in [-0.39, 0.29) is 0 Å². The summed E-state index contributed by atoms with van der Waals surface area (Å²) in [6.07, 6.45) is 0. The summed E-state index contributed by atoms with van der Waals surface area (Å²) >= 11 is 9.43. The van der Waals surface area contributed by atoms with Crippen LogP contribution in [0.2, 0.25) is 5.02 Å². The van der Waals surface area contributed by atoms with Gasteiger partial charge in [0.05, 0.1) is 0 Å². The molecule has 0 atom stereocenters. The van der Waals surface area contributed by atoms with Crippen LogP contribution in [0.4, 0.5) is 5.69 Å². The maximum Gasteiger partial charge on any atom is 0.0488 e. The first-order valence-corrected chi connectivity index (χ1v) is 6.98. The van der Waals surface area contributed by atoms with E-state index in [2.05, 4.69) is 53.3 Å². The molecule has 0 radical (unpaired) electrons. The van der Waals surface area contributed by atoms with E-state index in [9.17, 15) is 0 Å². The van der Waals surface area contributed by atoms with Gasteiger partial charge in [-0.25, -0.2) is 0 Å². The Labute approximate surface area is 121 Å². The van der Waals surface area contributed by atoms with Crippen LogP contribution < -0.4 is 5.32 Å². The fourth-order valence-electron chi connectivity index (χ4n) is 1.81. The zero-order valence-corrected chi connectivity index (χ0v) is 12.8. The Morgan fingerprint density at radius 3 is 2.61 bits per heavy atom. The molecule has 0 aliphatic carbocycles. The lowest BCUT2D eigenvalue weighted by atomic mass is 10.1. The largest absolute Gasteiger partial charge is 0.380 e. The Kier molecular flexibility index (Phi) is 4.31. The highest BCUT2D eigenvalue weighted by molar-refractivity contribution is 9.10. The molecule has 94 valence electrons. The van der Waals surface area contributed by atoms with Gasteiger partial charge in [-0.1, -0.05) is 35.4 Å². The third kappa shape index (κ3) is 3.27. The van der Waals surface area contributed by atoms with E-state index in [0.717, 1.165) is 21.7 Å². The minimum Gasteiger partial charge on any atom is -0.380 e. The Morgan fingerprint density at radius 1 is 1.11 bits per heavy atom. The summed E-state index contributed by atoms with van der Waals surface area (Å²) in [7, 11) is 0. The highest BCUT2D eigenvalue weighted by Crippen LogP contribution is 2.26. The van der Waals surface area contributed by atoms with Crippen molar-refractivity contribution in [1.29, 1.82) is 0 Å². The van der Waals surface area contributed by atoms with E-state index in [0.29, 0.717) is 0 Å². The third-order valence-electron chi connectivity index (χ3n) is 2.91. The molecule has 0 unspecified atom stereocenters. The van der Waals surface area contributed by atoms with E-state index in [1.165, 1.54) is 16.7 Å². The molecule has 0 aliphatic heterocycles. The van der Waals surface area contributed by atoms with Gasteiger partial charge in [-0.05, 0) is 59.1 Å². The summed E-state index contributed by atoms with van der Waals surface area (Å²) in [5.74, 6) is 0. The van der Waals surface area contributed by atoms with Gasteiger partial charge in [-0.3, -0.25) is 0 Å². The second kappa shape index (κ2) is 5.77. The van der Waals surface area contributed by atoms with Crippen LogP contribution in [0.15, 0.2) is 40.9 Å². The molecular weight excluding hydrogens is 310 g/mol. The SMILES string of the molecule is Cc1ccc(C)c(CNc2ccc(Cl)cc2Br)c1. The fourth-order valence-corrected chi connectivity index (χ4v) is 2.64. The minimum atomic E-state index is 0.735. The molecule has 2 aromatic carbocycles. The van der Waals surface area contributed by atoms with Crippen molar-refractivity contribution in [2.75, 3.05) is 5.32 Å². The molecule has 0 amide bonds. The zero-order valence-electron chi connectivity index (χ0n) is 10.4. The molecule has 0 fully saturated rings. The van der Waals surface area contributed by atoms with Gasteiger partial charge in [-0.15, -0.1) is 0 Å². The smallest absolute Gasteiger partial charge is 0.0488 e. The normalized spacial score (nSPS) is 10.4. The molecule has 0 bridgehead atoms. The second-order valence-electron chi connectivity index (χ2n) is 4.41. The van der Waals surface area contributed by atoms with Crippen LogP contribution in [0.5, 0.6) is 0 Å². The predicted octanol–water partition coefficient (Wildman–Crippen LogP) is 5.33. The van der Waals surface area contributed by atoms with Gasteiger partial charge in [-0.2, -0.15) is 0 Å². The molecule has 2 aromatic rings. The summed E-state index contributed by atoms with van der Waals surface area (Å²) in [6.45, 7) is 5.06. The number of hydrogen-bond donors (Lipinski definition) is 1. The van der Waals surface area contributed by atoms with Gasteiger partial charge >= 0.3 is 0 Å². The Morgan fingerprint density at radius 2 is 1.89 bits per heavy atom.